The highest BCUT2D eigenvalue weighted by Gasteiger charge is 2.09. The summed E-state index contributed by atoms with van der Waals surface area (Å²) < 4.78 is 13.0. The maximum atomic E-state index is 13.0. The number of rotatable bonds is 2. The second kappa shape index (κ2) is 3.57. The summed E-state index contributed by atoms with van der Waals surface area (Å²) in [5.74, 6) is -0.393. The average molecular weight is 203 g/mol. The normalized spacial score (nSPS) is 10.2. The third-order valence-corrected chi connectivity index (χ3v) is 2.15. The summed E-state index contributed by atoms with van der Waals surface area (Å²) in [6.45, 7) is 0. The Kier molecular flexibility index (Phi) is 2.25. The van der Waals surface area contributed by atoms with Gasteiger partial charge in [0.25, 0.3) is 0 Å². The van der Waals surface area contributed by atoms with Gasteiger partial charge >= 0.3 is 0 Å². The molecular formula is C11H10FN3. The second-order valence-electron chi connectivity index (χ2n) is 3.19. The van der Waals surface area contributed by atoms with E-state index in [9.17, 15) is 4.39 Å². The second-order valence-corrected chi connectivity index (χ2v) is 3.19. The molecule has 1 aromatic carbocycles. The van der Waals surface area contributed by atoms with E-state index in [-0.39, 0.29) is 5.71 Å². The Balaban J connectivity index is 2.46. The molecule has 2 rings (SSSR count). The molecule has 3 nitrogen and oxygen atoms in total. The van der Waals surface area contributed by atoms with E-state index in [4.69, 9.17) is 11.1 Å². The zero-order valence-corrected chi connectivity index (χ0v) is 7.92. The minimum absolute atomic E-state index is 0.192. The molecule has 0 atom stereocenters. The van der Waals surface area contributed by atoms with Gasteiger partial charge in [-0.25, -0.2) is 4.39 Å². The highest BCUT2D eigenvalue weighted by atomic mass is 19.1. The van der Waals surface area contributed by atoms with Gasteiger partial charge in [-0.15, -0.1) is 0 Å². The molecule has 76 valence electrons. The Morgan fingerprint density at radius 1 is 1.33 bits per heavy atom. The third-order valence-electron chi connectivity index (χ3n) is 2.15. The number of halogens is 1. The smallest absolute Gasteiger partial charge is 0.124 e. The van der Waals surface area contributed by atoms with Crippen molar-refractivity contribution in [3.05, 3.63) is 53.6 Å². The minimum atomic E-state index is -0.393. The van der Waals surface area contributed by atoms with Crippen LogP contribution in [-0.4, -0.2) is 10.7 Å². The van der Waals surface area contributed by atoms with Crippen LogP contribution in [0.5, 0.6) is 0 Å². The third kappa shape index (κ3) is 1.74. The topological polar surface area (TPSA) is 65.7 Å². The van der Waals surface area contributed by atoms with Gasteiger partial charge in [-0.2, -0.15) is 0 Å². The first-order chi connectivity index (χ1) is 7.18. The number of H-pyrrole nitrogens is 1. The Labute approximate surface area is 86.3 Å². The number of nitrogen functional groups attached to an aromatic ring is 1. The number of anilines is 1. The fraction of sp³-hybridized carbons (Fsp3) is 0. The molecular weight excluding hydrogens is 193 g/mol. The van der Waals surface area contributed by atoms with Crippen LogP contribution in [0, 0.1) is 11.2 Å². The van der Waals surface area contributed by atoms with Crippen molar-refractivity contribution in [3.8, 4) is 0 Å². The monoisotopic (exact) mass is 203 g/mol. The van der Waals surface area contributed by atoms with Crippen LogP contribution in [0.2, 0.25) is 0 Å². The summed E-state index contributed by atoms with van der Waals surface area (Å²) in [5.41, 5.74) is 7.28. The molecule has 1 aromatic heterocycles. The fourth-order valence-electron chi connectivity index (χ4n) is 1.38. The predicted molar refractivity (Wildman–Crippen MR) is 57.5 cm³/mol. The number of hydrogen-bond donors (Lipinski definition) is 3. The van der Waals surface area contributed by atoms with Gasteiger partial charge in [0.1, 0.15) is 5.82 Å². The lowest BCUT2D eigenvalue weighted by Gasteiger charge is -2.05. The number of aromatic amines is 1. The lowest BCUT2D eigenvalue weighted by atomic mass is 10.1. The average Bonchev–Trinajstić information content (AvgIpc) is 2.74. The van der Waals surface area contributed by atoms with E-state index in [0.29, 0.717) is 16.9 Å². The minimum Gasteiger partial charge on any atom is -0.398 e. The Morgan fingerprint density at radius 2 is 2.13 bits per heavy atom. The maximum absolute atomic E-state index is 13.0. The van der Waals surface area contributed by atoms with E-state index in [1.165, 1.54) is 18.2 Å². The van der Waals surface area contributed by atoms with Crippen molar-refractivity contribution >= 4 is 11.4 Å². The highest BCUT2D eigenvalue weighted by Crippen LogP contribution is 2.16. The molecule has 0 saturated carbocycles. The summed E-state index contributed by atoms with van der Waals surface area (Å²) in [6.07, 6.45) is 1.71. The van der Waals surface area contributed by atoms with E-state index in [0.717, 1.165) is 0 Å². The summed E-state index contributed by atoms with van der Waals surface area (Å²) in [7, 11) is 0. The molecule has 0 amide bonds. The lowest BCUT2D eigenvalue weighted by molar-refractivity contribution is 0.628. The summed E-state index contributed by atoms with van der Waals surface area (Å²) in [4.78, 5) is 2.88. The molecule has 15 heavy (non-hydrogen) atoms. The first kappa shape index (κ1) is 9.45. The zero-order valence-electron chi connectivity index (χ0n) is 7.92. The van der Waals surface area contributed by atoms with Crippen molar-refractivity contribution in [3.63, 3.8) is 0 Å². The molecule has 0 unspecified atom stereocenters. The molecule has 0 radical (unpaired) electrons. The molecule has 2 aromatic rings. The van der Waals surface area contributed by atoms with Crippen molar-refractivity contribution < 1.29 is 4.39 Å². The van der Waals surface area contributed by atoms with Crippen LogP contribution in [0.25, 0.3) is 0 Å². The van der Waals surface area contributed by atoms with E-state index >= 15 is 0 Å². The number of hydrogen-bond acceptors (Lipinski definition) is 2. The van der Waals surface area contributed by atoms with Gasteiger partial charge in [-0.05, 0) is 30.3 Å². The molecule has 0 fully saturated rings. The van der Waals surface area contributed by atoms with Crippen molar-refractivity contribution in [1.82, 2.24) is 4.98 Å². The summed E-state index contributed by atoms with van der Waals surface area (Å²) in [5, 5.41) is 7.85. The quantitative estimate of drug-likeness (QED) is 0.508. The number of aromatic nitrogens is 1. The number of benzene rings is 1. The molecule has 0 bridgehead atoms. The van der Waals surface area contributed by atoms with Gasteiger partial charge in [-0.3, -0.25) is 5.41 Å². The Hall–Kier alpha value is -2.10. The van der Waals surface area contributed by atoms with E-state index < -0.39 is 5.82 Å². The van der Waals surface area contributed by atoms with Gasteiger partial charge in [0.05, 0.1) is 11.4 Å². The van der Waals surface area contributed by atoms with E-state index in [2.05, 4.69) is 4.98 Å². The van der Waals surface area contributed by atoms with Crippen LogP contribution >= 0.6 is 0 Å². The van der Waals surface area contributed by atoms with E-state index in [1.807, 2.05) is 0 Å². The fourth-order valence-corrected chi connectivity index (χ4v) is 1.38. The van der Waals surface area contributed by atoms with Crippen LogP contribution in [-0.2, 0) is 0 Å². The number of nitrogens with two attached hydrogens (primary N) is 1. The van der Waals surface area contributed by atoms with Crippen LogP contribution in [0.15, 0.2) is 36.5 Å². The standard InChI is InChI=1S/C11H10FN3/c12-7-3-4-9(13)8(6-7)11(14)10-2-1-5-15-10/h1-6,14-15H,13H2. The lowest BCUT2D eigenvalue weighted by Crippen LogP contribution is -2.06. The molecule has 0 saturated heterocycles. The molecule has 4 N–H and O–H groups in total. The first-order valence-corrected chi connectivity index (χ1v) is 4.46. The van der Waals surface area contributed by atoms with Crippen molar-refractivity contribution in [2.75, 3.05) is 5.73 Å². The zero-order chi connectivity index (χ0) is 10.8. The van der Waals surface area contributed by atoms with Crippen molar-refractivity contribution in [2.24, 2.45) is 0 Å². The highest BCUT2D eigenvalue weighted by molar-refractivity contribution is 6.12. The van der Waals surface area contributed by atoms with Crippen LogP contribution < -0.4 is 5.73 Å². The Bertz CT molecular complexity index is 489. The summed E-state index contributed by atoms with van der Waals surface area (Å²) in [6, 6.07) is 7.52. The first-order valence-electron chi connectivity index (χ1n) is 4.46. The predicted octanol–water partition coefficient (Wildman–Crippen LogP) is 2.15. The van der Waals surface area contributed by atoms with Gasteiger partial charge in [-0.1, -0.05) is 0 Å². The molecule has 4 heteroatoms. The Morgan fingerprint density at radius 3 is 2.80 bits per heavy atom. The van der Waals surface area contributed by atoms with Gasteiger partial charge in [0, 0.05) is 17.4 Å². The van der Waals surface area contributed by atoms with Crippen LogP contribution in [0.4, 0.5) is 10.1 Å². The molecule has 0 aliphatic heterocycles. The van der Waals surface area contributed by atoms with Crippen LogP contribution in [0.1, 0.15) is 11.3 Å². The van der Waals surface area contributed by atoms with E-state index in [1.54, 1.807) is 18.3 Å². The SMILES string of the molecule is N=C(c1ccc[nH]1)c1cc(F)ccc1N. The summed E-state index contributed by atoms with van der Waals surface area (Å²) >= 11 is 0. The molecule has 1 heterocycles. The van der Waals surface area contributed by atoms with Crippen molar-refractivity contribution in [2.45, 2.75) is 0 Å². The number of nitrogens with one attached hydrogen (secondary N) is 2. The van der Waals surface area contributed by atoms with Gasteiger partial charge < -0.3 is 10.7 Å². The molecule has 0 spiro atoms. The maximum Gasteiger partial charge on any atom is 0.124 e. The largest absolute Gasteiger partial charge is 0.398 e. The van der Waals surface area contributed by atoms with Crippen molar-refractivity contribution in [1.29, 1.82) is 5.41 Å². The van der Waals surface area contributed by atoms with Gasteiger partial charge in [0.15, 0.2) is 0 Å². The molecule has 0 aliphatic rings. The van der Waals surface area contributed by atoms with Crippen LogP contribution in [0.3, 0.4) is 0 Å². The molecule has 0 aliphatic carbocycles. The van der Waals surface area contributed by atoms with Gasteiger partial charge in [0.2, 0.25) is 0 Å².